The van der Waals surface area contributed by atoms with Crippen LogP contribution in [0, 0.1) is 13.8 Å². The van der Waals surface area contributed by atoms with Crippen LogP contribution in [0.3, 0.4) is 0 Å². The third-order valence-corrected chi connectivity index (χ3v) is 7.30. The molecule has 0 fully saturated rings. The first kappa shape index (κ1) is 26.3. The Balaban J connectivity index is 1.54. The van der Waals surface area contributed by atoms with E-state index in [1.165, 1.54) is 0 Å². The lowest BCUT2D eigenvalue weighted by Crippen LogP contribution is -2.32. The molecule has 2 heterocycles. The molecule has 0 amide bonds. The zero-order chi connectivity index (χ0) is 27.4. The monoisotopic (exact) mass is 522 g/mol. The van der Waals surface area contributed by atoms with Crippen LogP contribution in [0.5, 0.6) is 5.75 Å². The number of pyridine rings is 1. The molecular formula is C31H34N6O2. The molecule has 0 aliphatic carbocycles. The van der Waals surface area contributed by atoms with E-state index in [0.29, 0.717) is 25.2 Å². The Morgan fingerprint density at radius 3 is 2.41 bits per heavy atom. The third-order valence-electron chi connectivity index (χ3n) is 7.30. The maximum Gasteiger partial charge on any atom is 0.252 e. The number of methoxy groups -OCH3 is 1. The summed E-state index contributed by atoms with van der Waals surface area (Å²) in [5.41, 5.74) is 5.96. The average molecular weight is 523 g/mol. The largest absolute Gasteiger partial charge is 0.497 e. The summed E-state index contributed by atoms with van der Waals surface area (Å²) in [5, 5.41) is 13.9. The van der Waals surface area contributed by atoms with Crippen molar-refractivity contribution >= 4 is 10.9 Å². The molecule has 39 heavy (non-hydrogen) atoms. The number of rotatable bonds is 10. The van der Waals surface area contributed by atoms with E-state index in [2.05, 4.69) is 69.6 Å². The second kappa shape index (κ2) is 11.6. The number of ether oxygens (including phenoxy) is 1. The summed E-state index contributed by atoms with van der Waals surface area (Å²) >= 11 is 0. The molecule has 2 aromatic heterocycles. The summed E-state index contributed by atoms with van der Waals surface area (Å²) in [7, 11) is 1.66. The van der Waals surface area contributed by atoms with Crippen molar-refractivity contribution in [2.45, 2.75) is 52.9 Å². The fourth-order valence-electron chi connectivity index (χ4n) is 5.12. The molecule has 0 spiro atoms. The average Bonchev–Trinajstić information content (AvgIpc) is 3.40. The lowest BCUT2D eigenvalue weighted by Gasteiger charge is -2.30. The SMILES string of the molecule is CC[C@@H](c1nnnn1Cc1ccccc1)N(Cc1ccc(OC)cc1)Cc1cc2c(C)ccc(C)c2[nH]c1=O. The number of hydrogen-bond acceptors (Lipinski definition) is 6. The number of aryl methyl sites for hydroxylation is 2. The van der Waals surface area contributed by atoms with Crippen LogP contribution in [0.2, 0.25) is 0 Å². The van der Waals surface area contributed by atoms with Crippen LogP contribution in [-0.2, 0) is 19.6 Å². The minimum atomic E-state index is -0.112. The minimum Gasteiger partial charge on any atom is -0.497 e. The summed E-state index contributed by atoms with van der Waals surface area (Å²) in [5.74, 6) is 1.58. The van der Waals surface area contributed by atoms with Crippen molar-refractivity contribution in [3.8, 4) is 5.75 Å². The Morgan fingerprint density at radius 2 is 1.69 bits per heavy atom. The van der Waals surface area contributed by atoms with Crippen LogP contribution in [-0.4, -0.2) is 37.2 Å². The number of nitrogens with one attached hydrogen (secondary N) is 1. The van der Waals surface area contributed by atoms with Gasteiger partial charge in [-0.1, -0.05) is 61.5 Å². The maximum atomic E-state index is 13.3. The topological polar surface area (TPSA) is 88.9 Å². The van der Waals surface area contributed by atoms with Crippen LogP contribution >= 0.6 is 0 Å². The van der Waals surface area contributed by atoms with E-state index in [-0.39, 0.29) is 11.6 Å². The molecule has 0 bridgehead atoms. The molecule has 8 heteroatoms. The van der Waals surface area contributed by atoms with Gasteiger partial charge in [-0.05, 0) is 71.1 Å². The van der Waals surface area contributed by atoms with Crippen LogP contribution in [0.4, 0.5) is 0 Å². The van der Waals surface area contributed by atoms with Crippen LogP contribution in [0.1, 0.15) is 53.0 Å². The summed E-state index contributed by atoms with van der Waals surface area (Å²) in [4.78, 5) is 18.8. The Morgan fingerprint density at radius 1 is 0.949 bits per heavy atom. The van der Waals surface area contributed by atoms with E-state index < -0.39 is 0 Å². The smallest absolute Gasteiger partial charge is 0.252 e. The third kappa shape index (κ3) is 5.76. The fourth-order valence-corrected chi connectivity index (χ4v) is 5.12. The van der Waals surface area contributed by atoms with Crippen LogP contribution < -0.4 is 10.3 Å². The summed E-state index contributed by atoms with van der Waals surface area (Å²) in [6.45, 7) is 7.86. The predicted molar refractivity (Wildman–Crippen MR) is 153 cm³/mol. The summed E-state index contributed by atoms with van der Waals surface area (Å²) in [6.07, 6.45) is 0.773. The number of hydrogen-bond donors (Lipinski definition) is 1. The first-order valence-corrected chi connectivity index (χ1v) is 13.3. The zero-order valence-corrected chi connectivity index (χ0v) is 22.9. The molecule has 0 unspecified atom stereocenters. The second-order valence-electron chi connectivity index (χ2n) is 9.97. The first-order valence-electron chi connectivity index (χ1n) is 13.3. The van der Waals surface area contributed by atoms with Gasteiger partial charge in [0.05, 0.1) is 25.2 Å². The molecule has 0 saturated carbocycles. The van der Waals surface area contributed by atoms with Gasteiger partial charge in [-0.25, -0.2) is 4.68 Å². The van der Waals surface area contributed by atoms with Crippen LogP contribution in [0.15, 0.2) is 77.6 Å². The van der Waals surface area contributed by atoms with Crippen molar-refractivity contribution in [1.29, 1.82) is 0 Å². The van der Waals surface area contributed by atoms with Gasteiger partial charge < -0.3 is 9.72 Å². The molecule has 0 aliphatic heterocycles. The predicted octanol–water partition coefficient (Wildman–Crippen LogP) is 5.34. The van der Waals surface area contributed by atoms with E-state index in [4.69, 9.17) is 4.74 Å². The molecule has 8 nitrogen and oxygen atoms in total. The number of tetrazole rings is 1. The fraction of sp³-hybridized carbons (Fsp3) is 0.290. The lowest BCUT2D eigenvalue weighted by molar-refractivity contribution is 0.161. The van der Waals surface area contributed by atoms with E-state index in [1.807, 2.05) is 54.1 Å². The number of H-pyrrole nitrogens is 1. The summed E-state index contributed by atoms with van der Waals surface area (Å²) < 4.78 is 7.22. The lowest BCUT2D eigenvalue weighted by atomic mass is 10.0. The van der Waals surface area contributed by atoms with E-state index >= 15 is 0 Å². The molecule has 0 radical (unpaired) electrons. The number of aromatic amines is 1. The van der Waals surface area contributed by atoms with E-state index in [0.717, 1.165) is 51.2 Å². The van der Waals surface area contributed by atoms with E-state index in [9.17, 15) is 4.79 Å². The highest BCUT2D eigenvalue weighted by Gasteiger charge is 2.26. The van der Waals surface area contributed by atoms with Gasteiger partial charge in [0.1, 0.15) is 5.75 Å². The van der Waals surface area contributed by atoms with Gasteiger partial charge in [-0.3, -0.25) is 9.69 Å². The van der Waals surface area contributed by atoms with Gasteiger partial charge in [0, 0.05) is 24.0 Å². The maximum absolute atomic E-state index is 13.3. The van der Waals surface area contributed by atoms with E-state index in [1.54, 1.807) is 7.11 Å². The first-order chi connectivity index (χ1) is 19.0. The Bertz CT molecular complexity index is 1610. The van der Waals surface area contributed by atoms with Gasteiger partial charge in [0.2, 0.25) is 0 Å². The second-order valence-corrected chi connectivity index (χ2v) is 9.97. The van der Waals surface area contributed by atoms with Gasteiger partial charge in [0.25, 0.3) is 5.56 Å². The van der Waals surface area contributed by atoms with Crippen molar-refractivity contribution in [2.24, 2.45) is 0 Å². The molecular weight excluding hydrogens is 488 g/mol. The highest BCUT2D eigenvalue weighted by molar-refractivity contribution is 5.85. The highest BCUT2D eigenvalue weighted by atomic mass is 16.5. The normalized spacial score (nSPS) is 12.2. The Kier molecular flexibility index (Phi) is 7.84. The van der Waals surface area contributed by atoms with Crippen molar-refractivity contribution in [2.75, 3.05) is 7.11 Å². The van der Waals surface area contributed by atoms with Gasteiger partial charge in [-0.15, -0.1) is 5.10 Å². The van der Waals surface area contributed by atoms with Gasteiger partial charge in [0.15, 0.2) is 5.82 Å². The quantitative estimate of drug-likeness (QED) is 0.266. The molecule has 1 atom stereocenters. The molecule has 5 aromatic rings. The number of benzene rings is 3. The van der Waals surface area contributed by atoms with Crippen molar-refractivity contribution in [3.63, 3.8) is 0 Å². The standard InChI is InChI=1S/C31H34N6O2/c1-5-28(30-33-34-35-37(30)19-23-9-7-6-8-10-23)36(18-24-13-15-26(39-4)16-14-24)20-25-17-27-21(2)11-12-22(3)29(27)32-31(25)38/h6-17,28H,5,18-20H2,1-4H3,(H,32,38)/t28-/m0/s1. The molecule has 1 N–H and O–H groups in total. The molecule has 3 aromatic carbocycles. The number of aromatic nitrogens is 5. The van der Waals surface area contributed by atoms with Gasteiger partial charge >= 0.3 is 0 Å². The molecule has 5 rings (SSSR count). The van der Waals surface area contributed by atoms with Crippen molar-refractivity contribution in [3.05, 3.63) is 117 Å². The molecule has 200 valence electrons. The Hall–Kier alpha value is -4.30. The molecule has 0 saturated heterocycles. The van der Waals surface area contributed by atoms with Crippen molar-refractivity contribution in [1.82, 2.24) is 30.1 Å². The van der Waals surface area contributed by atoms with Crippen molar-refractivity contribution < 1.29 is 4.74 Å². The number of nitrogens with zero attached hydrogens (tertiary/aromatic N) is 5. The summed E-state index contributed by atoms with van der Waals surface area (Å²) in [6, 6.07) is 24.3. The Labute approximate surface area is 228 Å². The minimum absolute atomic E-state index is 0.0744. The zero-order valence-electron chi connectivity index (χ0n) is 22.9. The van der Waals surface area contributed by atoms with Crippen LogP contribution in [0.25, 0.3) is 10.9 Å². The highest BCUT2D eigenvalue weighted by Crippen LogP contribution is 2.28. The number of fused-ring (bicyclic) bond motifs is 1. The van der Waals surface area contributed by atoms with Gasteiger partial charge in [-0.2, -0.15) is 0 Å². The molecule has 0 aliphatic rings.